The summed E-state index contributed by atoms with van der Waals surface area (Å²) in [6, 6.07) is 30.2. The average molecular weight is 751 g/mol. The number of benzene rings is 4. The minimum atomic E-state index is -0.774. The maximum atomic E-state index is 14.3. The Morgan fingerprint density at radius 3 is 2.30 bits per heavy atom. The van der Waals surface area contributed by atoms with Crippen LogP contribution in [0.3, 0.4) is 0 Å². The van der Waals surface area contributed by atoms with E-state index in [2.05, 4.69) is 32.8 Å². The molecule has 0 saturated heterocycles. The summed E-state index contributed by atoms with van der Waals surface area (Å²) in [5.41, 5.74) is 2.79. The van der Waals surface area contributed by atoms with Crippen LogP contribution in [0.2, 0.25) is 0 Å². The van der Waals surface area contributed by atoms with Crippen LogP contribution in [-0.4, -0.2) is 33.5 Å². The lowest BCUT2D eigenvalue weighted by molar-refractivity contribution is -0.126. The minimum Gasteiger partial charge on any atom is -0.488 e. The van der Waals surface area contributed by atoms with Crippen LogP contribution < -0.4 is 10.1 Å². The van der Waals surface area contributed by atoms with Gasteiger partial charge in [0.1, 0.15) is 23.7 Å². The van der Waals surface area contributed by atoms with E-state index in [1.165, 1.54) is 17.0 Å². The molecule has 0 radical (unpaired) electrons. The van der Waals surface area contributed by atoms with Gasteiger partial charge in [0.15, 0.2) is 5.17 Å². The smallest absolute Gasteiger partial charge is 0.285 e. The third-order valence-corrected chi connectivity index (χ3v) is 8.96. The van der Waals surface area contributed by atoms with Gasteiger partial charge in [0.05, 0.1) is 11.8 Å². The summed E-state index contributed by atoms with van der Waals surface area (Å²) in [7, 11) is 0. The highest BCUT2D eigenvalue weighted by Gasteiger charge is 2.35. The van der Waals surface area contributed by atoms with E-state index in [4.69, 9.17) is 4.74 Å². The summed E-state index contributed by atoms with van der Waals surface area (Å²) in [4.78, 5) is 46.7. The van der Waals surface area contributed by atoms with Gasteiger partial charge < -0.3 is 10.1 Å². The van der Waals surface area contributed by atoms with Crippen molar-refractivity contribution >= 4 is 56.7 Å². The highest BCUT2D eigenvalue weighted by molar-refractivity contribution is 9.10. The lowest BCUT2D eigenvalue weighted by Crippen LogP contribution is -2.42. The van der Waals surface area contributed by atoms with E-state index in [0.717, 1.165) is 22.9 Å². The van der Waals surface area contributed by atoms with E-state index in [1.54, 1.807) is 67.6 Å². The lowest BCUT2D eigenvalue weighted by atomic mass is 9.99. The third-order valence-electron chi connectivity index (χ3n) is 7.53. The van der Waals surface area contributed by atoms with E-state index in [9.17, 15) is 18.8 Å². The summed E-state index contributed by atoms with van der Waals surface area (Å²) in [5.74, 6) is -1.92. The molecule has 5 rings (SSSR count). The molecule has 10 heteroatoms. The molecule has 1 heterocycles. The number of aliphatic imine (C=N–C) groups is 1. The summed E-state index contributed by atoms with van der Waals surface area (Å²) in [5, 5.41) is 3.14. The van der Waals surface area contributed by atoms with Gasteiger partial charge in [0, 0.05) is 21.3 Å². The zero-order valence-corrected chi connectivity index (χ0v) is 29.5. The van der Waals surface area contributed by atoms with E-state index >= 15 is 0 Å². The number of thioether (sulfide) groups is 1. The highest BCUT2D eigenvalue weighted by Crippen LogP contribution is 2.31. The molecule has 1 aliphatic rings. The molecule has 3 amide bonds. The molecule has 0 unspecified atom stereocenters. The first-order valence-corrected chi connectivity index (χ1v) is 17.4. The number of carbonyl (C=O) groups is 3. The Morgan fingerprint density at radius 1 is 1.00 bits per heavy atom. The Balaban J connectivity index is 1.43. The van der Waals surface area contributed by atoms with E-state index in [0.29, 0.717) is 27.0 Å². The largest absolute Gasteiger partial charge is 0.488 e. The third kappa shape index (κ3) is 9.02. The molecule has 4 aromatic carbocycles. The molecule has 7 nitrogen and oxygen atoms in total. The fourth-order valence-electron chi connectivity index (χ4n) is 5.08. The predicted molar refractivity (Wildman–Crippen MR) is 201 cm³/mol. The molecular weight excluding hydrogens is 717 g/mol. The van der Waals surface area contributed by atoms with Crippen molar-refractivity contribution in [1.29, 1.82) is 0 Å². The number of allylic oxidation sites excluding steroid dienone is 4. The maximum absolute atomic E-state index is 14.3. The zero-order valence-electron chi connectivity index (χ0n) is 27.1. The molecule has 0 aromatic heterocycles. The predicted octanol–water partition coefficient (Wildman–Crippen LogP) is 8.56. The van der Waals surface area contributed by atoms with Gasteiger partial charge in [0.25, 0.3) is 11.8 Å². The Morgan fingerprint density at radius 2 is 1.66 bits per heavy atom. The van der Waals surface area contributed by atoms with Crippen LogP contribution in [-0.2, 0) is 21.0 Å². The van der Waals surface area contributed by atoms with E-state index in [-0.39, 0.29) is 29.0 Å². The molecule has 1 N–H and O–H groups in total. The minimum absolute atomic E-state index is 0.0513. The van der Waals surface area contributed by atoms with Crippen molar-refractivity contribution < 1.29 is 23.5 Å². The van der Waals surface area contributed by atoms with Gasteiger partial charge in [-0.3, -0.25) is 19.3 Å². The Kier molecular flexibility index (Phi) is 12.5. The SMILES string of the molecule is C=C/C=C\C(=C/C)N1C(=O)/C(=C/c2cc(Br)ccc2OCc2ccccc2F)C(=O)N=C1SCC(=O)NC(c1ccccc1)c1ccccc1. The van der Waals surface area contributed by atoms with Crippen molar-refractivity contribution in [2.24, 2.45) is 4.99 Å². The molecule has 0 aliphatic carbocycles. The average Bonchev–Trinajstić information content (AvgIpc) is 3.13. The molecule has 0 saturated carbocycles. The van der Waals surface area contributed by atoms with Crippen molar-refractivity contribution in [3.05, 3.63) is 178 Å². The number of halogens is 2. The van der Waals surface area contributed by atoms with Gasteiger partial charge in [-0.15, -0.1) is 0 Å². The van der Waals surface area contributed by atoms with Gasteiger partial charge >= 0.3 is 0 Å². The Hall–Kier alpha value is -5.32. The van der Waals surface area contributed by atoms with Crippen LogP contribution in [0.25, 0.3) is 6.08 Å². The fraction of sp³-hybridized carbons (Fsp3) is 0.100. The first-order valence-electron chi connectivity index (χ1n) is 15.6. The normalized spacial score (nSPS) is 14.3. The molecule has 50 heavy (non-hydrogen) atoms. The lowest BCUT2D eigenvalue weighted by Gasteiger charge is -2.28. The molecule has 0 spiro atoms. The first-order chi connectivity index (χ1) is 24.3. The first kappa shape index (κ1) is 36.0. The molecule has 1 aliphatic heterocycles. The number of amides is 3. The fourth-order valence-corrected chi connectivity index (χ4v) is 6.27. The Labute approximate surface area is 303 Å². The number of amidine groups is 1. The number of nitrogens with zero attached hydrogens (tertiary/aromatic N) is 2. The summed E-state index contributed by atoms with van der Waals surface area (Å²) >= 11 is 4.42. The maximum Gasteiger partial charge on any atom is 0.285 e. The zero-order chi connectivity index (χ0) is 35.5. The highest BCUT2D eigenvalue weighted by atomic mass is 79.9. The van der Waals surface area contributed by atoms with Gasteiger partial charge in [-0.05, 0) is 54.5 Å². The van der Waals surface area contributed by atoms with Crippen LogP contribution in [0.15, 0.2) is 155 Å². The standard InChI is InChI=1S/C40H33BrFN3O4S/c1-3-5-19-32(4-2)45-39(48)33(24-30-23-31(41)21-22-35(30)49-25-29-18-12-13-20-34(29)42)38(47)44-40(45)50-26-36(46)43-37(27-14-8-6-9-15-27)28-16-10-7-11-17-28/h3-24,37H,1,25-26H2,2H3,(H,43,46)/b19-5-,32-4+,33-24+. The van der Waals surface area contributed by atoms with Crippen LogP contribution in [0.5, 0.6) is 5.75 Å². The van der Waals surface area contributed by atoms with Gasteiger partial charge in [-0.2, -0.15) is 4.99 Å². The number of hydrogen-bond acceptors (Lipinski definition) is 5. The van der Waals surface area contributed by atoms with Gasteiger partial charge in [-0.1, -0.05) is 131 Å². The van der Waals surface area contributed by atoms with Crippen molar-refractivity contribution in [2.45, 2.75) is 19.6 Å². The van der Waals surface area contributed by atoms with E-state index < -0.39 is 23.7 Å². The Bertz CT molecular complexity index is 1970. The van der Waals surface area contributed by atoms with Gasteiger partial charge in [-0.25, -0.2) is 4.39 Å². The van der Waals surface area contributed by atoms with Crippen LogP contribution >= 0.6 is 27.7 Å². The number of rotatable bonds is 12. The summed E-state index contributed by atoms with van der Waals surface area (Å²) in [6.45, 7) is 5.40. The molecular formula is C40H33BrFN3O4S. The second kappa shape index (κ2) is 17.4. The number of ether oxygens (including phenoxy) is 1. The number of hydrogen-bond donors (Lipinski definition) is 1. The monoisotopic (exact) mass is 749 g/mol. The summed E-state index contributed by atoms with van der Waals surface area (Å²) < 4.78 is 20.9. The molecule has 0 atom stereocenters. The topological polar surface area (TPSA) is 88.1 Å². The number of carbonyl (C=O) groups excluding carboxylic acids is 3. The quantitative estimate of drug-likeness (QED) is 0.0891. The summed E-state index contributed by atoms with van der Waals surface area (Å²) in [6.07, 6.45) is 7.99. The van der Waals surface area contributed by atoms with Crippen molar-refractivity contribution in [3.63, 3.8) is 0 Å². The van der Waals surface area contributed by atoms with E-state index in [1.807, 2.05) is 60.7 Å². The van der Waals surface area contributed by atoms with Crippen molar-refractivity contribution in [3.8, 4) is 5.75 Å². The molecule has 4 aromatic rings. The van der Waals surface area contributed by atoms with Crippen molar-refractivity contribution in [2.75, 3.05) is 5.75 Å². The molecule has 0 bridgehead atoms. The van der Waals surface area contributed by atoms with Crippen LogP contribution in [0.4, 0.5) is 4.39 Å². The second-order valence-electron chi connectivity index (χ2n) is 10.9. The molecule has 252 valence electrons. The van der Waals surface area contributed by atoms with Gasteiger partial charge in [0.2, 0.25) is 5.91 Å². The van der Waals surface area contributed by atoms with Crippen molar-refractivity contribution in [1.82, 2.24) is 10.2 Å². The second-order valence-corrected chi connectivity index (χ2v) is 12.7. The molecule has 0 fully saturated rings. The van der Waals surface area contributed by atoms with Crippen LogP contribution in [0, 0.1) is 5.82 Å². The van der Waals surface area contributed by atoms with Crippen LogP contribution in [0.1, 0.15) is 35.2 Å². The number of nitrogens with one attached hydrogen (secondary N) is 1.